The number of aromatic nitrogens is 1. The van der Waals surface area contributed by atoms with Gasteiger partial charge in [0.05, 0.1) is 5.56 Å². The molecule has 1 heterocycles. The van der Waals surface area contributed by atoms with E-state index in [1.807, 2.05) is 6.92 Å². The van der Waals surface area contributed by atoms with Crippen molar-refractivity contribution >= 4 is 5.91 Å². The lowest BCUT2D eigenvalue weighted by Gasteiger charge is -2.06. The van der Waals surface area contributed by atoms with Crippen LogP contribution in [0, 0.1) is 0 Å². The molecule has 0 aliphatic heterocycles. The molecule has 0 saturated carbocycles. The average Bonchev–Trinajstić information content (AvgIpc) is 2.25. The number of rotatable bonds is 3. The molecule has 1 amide bonds. The lowest BCUT2D eigenvalue weighted by Crippen LogP contribution is -2.24. The minimum atomic E-state index is -4.47. The maximum absolute atomic E-state index is 12.2. The van der Waals surface area contributed by atoms with E-state index in [0.717, 1.165) is 24.8 Å². The lowest BCUT2D eigenvalue weighted by molar-refractivity contribution is -0.141. The summed E-state index contributed by atoms with van der Waals surface area (Å²) < 4.78 is 36.5. The van der Waals surface area contributed by atoms with Gasteiger partial charge < -0.3 is 5.32 Å². The zero-order chi connectivity index (χ0) is 12.2. The van der Waals surface area contributed by atoms with Gasteiger partial charge in [-0.2, -0.15) is 13.2 Å². The Balaban J connectivity index is 2.75. The first-order valence-corrected chi connectivity index (χ1v) is 4.76. The first-order valence-electron chi connectivity index (χ1n) is 4.76. The number of nitrogens with one attached hydrogen (secondary N) is 1. The Morgan fingerprint density at radius 1 is 1.44 bits per heavy atom. The minimum Gasteiger partial charge on any atom is -0.352 e. The highest BCUT2D eigenvalue weighted by molar-refractivity contribution is 5.93. The molecular formula is C10H11F3N2O. The van der Waals surface area contributed by atoms with Crippen molar-refractivity contribution in [1.29, 1.82) is 0 Å². The molecule has 0 fully saturated rings. The predicted octanol–water partition coefficient (Wildman–Crippen LogP) is 2.24. The van der Waals surface area contributed by atoms with Crippen LogP contribution in [-0.4, -0.2) is 17.4 Å². The van der Waals surface area contributed by atoms with Crippen LogP contribution in [0.4, 0.5) is 13.2 Å². The van der Waals surface area contributed by atoms with Crippen molar-refractivity contribution < 1.29 is 18.0 Å². The molecule has 0 spiro atoms. The summed E-state index contributed by atoms with van der Waals surface area (Å²) >= 11 is 0. The number of carbonyl (C=O) groups is 1. The molecular weight excluding hydrogens is 221 g/mol. The van der Waals surface area contributed by atoms with Gasteiger partial charge in [0, 0.05) is 12.7 Å². The van der Waals surface area contributed by atoms with E-state index >= 15 is 0 Å². The second kappa shape index (κ2) is 4.96. The summed E-state index contributed by atoms with van der Waals surface area (Å²) in [6.45, 7) is 2.37. The summed E-state index contributed by atoms with van der Waals surface area (Å²) in [6, 6.07) is 1.90. The summed E-state index contributed by atoms with van der Waals surface area (Å²) in [4.78, 5) is 14.5. The zero-order valence-corrected chi connectivity index (χ0v) is 8.64. The van der Waals surface area contributed by atoms with Gasteiger partial charge in [0.2, 0.25) is 0 Å². The fourth-order valence-electron chi connectivity index (χ4n) is 1.04. The monoisotopic (exact) mass is 232 g/mol. The molecule has 6 heteroatoms. The van der Waals surface area contributed by atoms with E-state index in [2.05, 4.69) is 10.3 Å². The molecule has 0 atom stereocenters. The Hall–Kier alpha value is -1.59. The highest BCUT2D eigenvalue weighted by Crippen LogP contribution is 2.27. The third-order valence-corrected chi connectivity index (χ3v) is 1.85. The van der Waals surface area contributed by atoms with Gasteiger partial charge in [0.25, 0.3) is 5.91 Å². The Kier molecular flexibility index (Phi) is 3.87. The molecule has 0 unspecified atom stereocenters. The van der Waals surface area contributed by atoms with E-state index in [4.69, 9.17) is 0 Å². The molecule has 1 aromatic rings. The van der Waals surface area contributed by atoms with E-state index in [1.54, 1.807) is 0 Å². The average molecular weight is 232 g/mol. The second-order valence-corrected chi connectivity index (χ2v) is 3.19. The topological polar surface area (TPSA) is 42.0 Å². The van der Waals surface area contributed by atoms with Crippen molar-refractivity contribution in [3.63, 3.8) is 0 Å². The molecule has 88 valence electrons. The van der Waals surface area contributed by atoms with Crippen molar-refractivity contribution in [2.24, 2.45) is 0 Å². The summed E-state index contributed by atoms with van der Waals surface area (Å²) in [5, 5.41) is 2.55. The predicted molar refractivity (Wildman–Crippen MR) is 51.9 cm³/mol. The number of hydrogen-bond donors (Lipinski definition) is 1. The van der Waals surface area contributed by atoms with Crippen LogP contribution in [0.5, 0.6) is 0 Å². The van der Waals surface area contributed by atoms with Gasteiger partial charge >= 0.3 is 6.18 Å². The molecule has 0 saturated heterocycles. The first kappa shape index (κ1) is 12.5. The first-order chi connectivity index (χ1) is 7.45. The van der Waals surface area contributed by atoms with Crippen molar-refractivity contribution in [3.05, 3.63) is 29.6 Å². The minimum absolute atomic E-state index is 0.126. The number of halogens is 3. The molecule has 16 heavy (non-hydrogen) atoms. The van der Waals surface area contributed by atoms with Crippen LogP contribution in [0.15, 0.2) is 18.3 Å². The van der Waals surface area contributed by atoms with Gasteiger partial charge in [-0.25, -0.2) is 0 Å². The van der Waals surface area contributed by atoms with Crippen LogP contribution in [0.1, 0.15) is 29.4 Å². The van der Waals surface area contributed by atoms with Crippen molar-refractivity contribution in [2.75, 3.05) is 6.54 Å². The molecule has 1 N–H and O–H groups in total. The van der Waals surface area contributed by atoms with Gasteiger partial charge in [-0.1, -0.05) is 6.92 Å². The van der Waals surface area contributed by atoms with Gasteiger partial charge in [-0.05, 0) is 18.6 Å². The fraction of sp³-hybridized carbons (Fsp3) is 0.400. The van der Waals surface area contributed by atoms with Crippen molar-refractivity contribution in [1.82, 2.24) is 10.3 Å². The van der Waals surface area contributed by atoms with Crippen LogP contribution in [0.25, 0.3) is 0 Å². The third-order valence-electron chi connectivity index (χ3n) is 1.85. The Morgan fingerprint density at radius 3 is 2.56 bits per heavy atom. The molecule has 0 aromatic carbocycles. The largest absolute Gasteiger partial charge is 0.433 e. The molecule has 3 nitrogen and oxygen atoms in total. The smallest absolute Gasteiger partial charge is 0.352 e. The number of pyridine rings is 1. The van der Waals surface area contributed by atoms with Gasteiger partial charge in [-0.3, -0.25) is 9.78 Å². The number of nitrogens with zero attached hydrogens (tertiary/aromatic N) is 1. The highest BCUT2D eigenvalue weighted by atomic mass is 19.4. The van der Waals surface area contributed by atoms with Crippen molar-refractivity contribution in [2.45, 2.75) is 19.5 Å². The molecule has 0 aliphatic carbocycles. The van der Waals surface area contributed by atoms with Crippen LogP contribution >= 0.6 is 0 Å². The summed E-state index contributed by atoms with van der Waals surface area (Å²) in [6.07, 6.45) is -2.79. The standard InChI is InChI=1S/C10H11F3N2O/c1-2-5-14-9(16)7-3-4-8(15-6-7)10(11,12)13/h3-4,6H,2,5H2,1H3,(H,14,16). The second-order valence-electron chi connectivity index (χ2n) is 3.19. The lowest BCUT2D eigenvalue weighted by atomic mass is 10.2. The van der Waals surface area contributed by atoms with E-state index in [9.17, 15) is 18.0 Å². The SMILES string of the molecule is CCCNC(=O)c1ccc(C(F)(F)F)nc1. The maximum atomic E-state index is 12.2. The van der Waals surface area contributed by atoms with Gasteiger partial charge in [0.1, 0.15) is 5.69 Å². The number of amides is 1. The maximum Gasteiger partial charge on any atom is 0.433 e. The molecule has 1 aromatic heterocycles. The van der Waals surface area contributed by atoms with Crippen molar-refractivity contribution in [3.8, 4) is 0 Å². The van der Waals surface area contributed by atoms with E-state index < -0.39 is 17.8 Å². The van der Waals surface area contributed by atoms with Crippen LogP contribution < -0.4 is 5.32 Å². The van der Waals surface area contributed by atoms with Gasteiger partial charge in [0.15, 0.2) is 0 Å². The van der Waals surface area contributed by atoms with E-state index in [1.165, 1.54) is 0 Å². The summed E-state index contributed by atoms with van der Waals surface area (Å²) in [5.41, 5.74) is -0.874. The fourth-order valence-corrected chi connectivity index (χ4v) is 1.04. The third kappa shape index (κ3) is 3.22. The normalized spacial score (nSPS) is 11.2. The molecule has 0 bridgehead atoms. The molecule has 0 aliphatic rings. The van der Waals surface area contributed by atoms with Crippen LogP contribution in [0.3, 0.4) is 0 Å². The number of carbonyl (C=O) groups excluding carboxylic acids is 1. The molecule has 1 rings (SSSR count). The van der Waals surface area contributed by atoms with E-state index in [-0.39, 0.29) is 5.56 Å². The number of hydrogen-bond acceptors (Lipinski definition) is 2. The molecule has 0 radical (unpaired) electrons. The highest BCUT2D eigenvalue weighted by Gasteiger charge is 2.32. The Morgan fingerprint density at radius 2 is 2.12 bits per heavy atom. The van der Waals surface area contributed by atoms with E-state index in [0.29, 0.717) is 6.54 Å². The zero-order valence-electron chi connectivity index (χ0n) is 8.64. The Labute approximate surface area is 90.7 Å². The quantitative estimate of drug-likeness (QED) is 0.868. The summed E-state index contributed by atoms with van der Waals surface area (Å²) in [5.74, 6) is -0.414. The van der Waals surface area contributed by atoms with Gasteiger partial charge in [-0.15, -0.1) is 0 Å². The Bertz CT molecular complexity index is 359. The summed E-state index contributed by atoms with van der Waals surface area (Å²) in [7, 11) is 0. The van der Waals surface area contributed by atoms with Crippen LogP contribution in [0.2, 0.25) is 0 Å². The number of alkyl halides is 3. The van der Waals surface area contributed by atoms with Crippen LogP contribution in [-0.2, 0) is 6.18 Å².